The van der Waals surface area contributed by atoms with Crippen LogP contribution in [0.1, 0.15) is 12.8 Å². The molecule has 0 aliphatic rings. The molecule has 0 spiro atoms. The van der Waals surface area contributed by atoms with Gasteiger partial charge in [-0.05, 0) is 6.42 Å². The van der Waals surface area contributed by atoms with E-state index in [2.05, 4.69) is 0 Å². The molecular weight excluding hydrogens is 174 g/mol. The number of amides is 1. The molecular formula is C7H15N3OS. The van der Waals surface area contributed by atoms with E-state index in [1.165, 1.54) is 11.8 Å². The highest BCUT2D eigenvalue weighted by atomic mass is 32.2. The van der Waals surface area contributed by atoms with E-state index < -0.39 is 0 Å². The van der Waals surface area contributed by atoms with E-state index in [-0.39, 0.29) is 11.1 Å². The third kappa shape index (κ3) is 6.03. The van der Waals surface area contributed by atoms with Gasteiger partial charge >= 0.3 is 0 Å². The van der Waals surface area contributed by atoms with E-state index in [0.29, 0.717) is 6.42 Å². The van der Waals surface area contributed by atoms with Gasteiger partial charge in [0.25, 0.3) is 0 Å². The summed E-state index contributed by atoms with van der Waals surface area (Å²) >= 11 is 1.28. The van der Waals surface area contributed by atoms with Crippen LogP contribution in [0.2, 0.25) is 0 Å². The minimum absolute atomic E-state index is 0.118. The van der Waals surface area contributed by atoms with Crippen molar-refractivity contribution < 1.29 is 4.79 Å². The van der Waals surface area contributed by atoms with E-state index in [0.717, 1.165) is 12.2 Å². The zero-order valence-electron chi connectivity index (χ0n) is 7.46. The molecule has 70 valence electrons. The smallest absolute Gasteiger partial charge is 0.222 e. The number of amidine groups is 1. The Balaban J connectivity index is 3.32. The van der Waals surface area contributed by atoms with Gasteiger partial charge in [-0.2, -0.15) is 0 Å². The van der Waals surface area contributed by atoms with Crippen molar-refractivity contribution in [1.29, 1.82) is 5.41 Å². The second-order valence-corrected chi connectivity index (χ2v) is 3.74. The number of thioether (sulfide) groups is 1. The lowest BCUT2D eigenvalue weighted by Gasteiger charge is -2.08. The lowest BCUT2D eigenvalue weighted by atomic mass is 10.3. The molecule has 0 saturated heterocycles. The first-order chi connectivity index (χ1) is 5.54. The number of nitrogens with one attached hydrogen (secondary N) is 1. The van der Waals surface area contributed by atoms with Gasteiger partial charge in [0, 0.05) is 26.3 Å². The summed E-state index contributed by atoms with van der Waals surface area (Å²) in [5.41, 5.74) is 5.12. The van der Waals surface area contributed by atoms with Crippen molar-refractivity contribution in [2.75, 3.05) is 19.8 Å². The molecule has 0 atom stereocenters. The summed E-state index contributed by atoms with van der Waals surface area (Å²) in [5, 5.41) is 7.03. The van der Waals surface area contributed by atoms with Crippen molar-refractivity contribution in [3.63, 3.8) is 0 Å². The molecule has 4 nitrogen and oxygen atoms in total. The van der Waals surface area contributed by atoms with E-state index in [4.69, 9.17) is 11.1 Å². The molecule has 12 heavy (non-hydrogen) atoms. The SMILES string of the molecule is CN(C)C(=O)CCCSC(=N)N. The van der Waals surface area contributed by atoms with Gasteiger partial charge in [-0.3, -0.25) is 10.2 Å². The first-order valence-corrected chi connectivity index (χ1v) is 4.69. The Morgan fingerprint density at radius 3 is 2.58 bits per heavy atom. The lowest BCUT2D eigenvalue weighted by molar-refractivity contribution is -0.128. The maximum atomic E-state index is 11.0. The molecule has 0 aromatic carbocycles. The molecule has 0 rings (SSSR count). The standard InChI is InChI=1S/C7H15N3OS/c1-10(2)6(11)4-3-5-12-7(8)9/h3-5H2,1-2H3,(H3,8,9). The largest absolute Gasteiger partial charge is 0.379 e. The molecule has 0 radical (unpaired) electrons. The van der Waals surface area contributed by atoms with Gasteiger partial charge in [0.2, 0.25) is 5.91 Å². The third-order valence-electron chi connectivity index (χ3n) is 1.29. The van der Waals surface area contributed by atoms with Crippen molar-refractivity contribution in [3.8, 4) is 0 Å². The van der Waals surface area contributed by atoms with Crippen LogP contribution < -0.4 is 5.73 Å². The topological polar surface area (TPSA) is 70.2 Å². The summed E-state index contributed by atoms with van der Waals surface area (Å²) in [6.45, 7) is 0. The molecule has 1 amide bonds. The second kappa shape index (κ2) is 5.88. The summed E-state index contributed by atoms with van der Waals surface area (Å²) in [4.78, 5) is 12.6. The highest BCUT2D eigenvalue weighted by molar-refractivity contribution is 8.13. The Bertz CT molecular complexity index is 170. The summed E-state index contributed by atoms with van der Waals surface area (Å²) in [6, 6.07) is 0. The van der Waals surface area contributed by atoms with Crippen molar-refractivity contribution >= 4 is 22.8 Å². The van der Waals surface area contributed by atoms with Crippen LogP contribution in [0.5, 0.6) is 0 Å². The molecule has 3 N–H and O–H groups in total. The minimum atomic E-state index is 0.118. The lowest BCUT2D eigenvalue weighted by Crippen LogP contribution is -2.21. The first-order valence-electron chi connectivity index (χ1n) is 3.71. The fourth-order valence-corrected chi connectivity index (χ4v) is 1.14. The van der Waals surface area contributed by atoms with E-state index >= 15 is 0 Å². The summed E-state index contributed by atoms with van der Waals surface area (Å²) in [7, 11) is 3.47. The van der Waals surface area contributed by atoms with Crippen molar-refractivity contribution in [1.82, 2.24) is 4.90 Å². The number of hydrogen-bond donors (Lipinski definition) is 2. The molecule has 0 bridgehead atoms. The van der Waals surface area contributed by atoms with Crippen LogP contribution in [0, 0.1) is 5.41 Å². The Hall–Kier alpha value is -0.710. The number of nitrogens with two attached hydrogens (primary N) is 1. The maximum absolute atomic E-state index is 11.0. The summed E-state index contributed by atoms with van der Waals surface area (Å²) in [6.07, 6.45) is 1.31. The van der Waals surface area contributed by atoms with Gasteiger partial charge in [-0.1, -0.05) is 11.8 Å². The van der Waals surface area contributed by atoms with Crippen molar-refractivity contribution in [2.24, 2.45) is 5.73 Å². The number of rotatable bonds is 4. The minimum Gasteiger partial charge on any atom is -0.379 e. The zero-order valence-corrected chi connectivity index (χ0v) is 8.28. The fraction of sp³-hybridized carbons (Fsp3) is 0.714. The van der Waals surface area contributed by atoms with E-state index in [1.54, 1.807) is 19.0 Å². The highest BCUT2D eigenvalue weighted by Crippen LogP contribution is 2.03. The van der Waals surface area contributed by atoms with E-state index in [1.807, 2.05) is 0 Å². The average molecular weight is 189 g/mol. The number of hydrogen-bond acceptors (Lipinski definition) is 3. The third-order valence-corrected chi connectivity index (χ3v) is 2.10. The van der Waals surface area contributed by atoms with Crippen LogP contribution in [0.15, 0.2) is 0 Å². The summed E-state index contributed by atoms with van der Waals surface area (Å²) in [5.74, 6) is 0.869. The number of nitrogens with zero attached hydrogens (tertiary/aromatic N) is 1. The molecule has 0 aliphatic carbocycles. The molecule has 0 unspecified atom stereocenters. The molecule has 0 saturated carbocycles. The predicted octanol–water partition coefficient (Wildman–Crippen LogP) is 0.481. The Labute approximate surface area is 77.0 Å². The zero-order chi connectivity index (χ0) is 9.56. The predicted molar refractivity (Wildman–Crippen MR) is 52.3 cm³/mol. The quantitative estimate of drug-likeness (QED) is 0.384. The van der Waals surface area contributed by atoms with Crippen LogP contribution >= 0.6 is 11.8 Å². The normalized spacial score (nSPS) is 9.50. The fourth-order valence-electron chi connectivity index (χ4n) is 0.629. The number of carbonyl (C=O) groups excluding carboxylic acids is 1. The average Bonchev–Trinajstić information content (AvgIpc) is 1.97. The van der Waals surface area contributed by atoms with Gasteiger partial charge in [-0.25, -0.2) is 0 Å². The van der Waals surface area contributed by atoms with Gasteiger partial charge in [0.15, 0.2) is 5.17 Å². The van der Waals surface area contributed by atoms with Gasteiger partial charge in [0.1, 0.15) is 0 Å². The monoisotopic (exact) mass is 189 g/mol. The molecule has 0 aliphatic heterocycles. The van der Waals surface area contributed by atoms with Crippen molar-refractivity contribution in [2.45, 2.75) is 12.8 Å². The molecule has 0 aromatic rings. The maximum Gasteiger partial charge on any atom is 0.222 e. The van der Waals surface area contributed by atoms with E-state index in [9.17, 15) is 4.79 Å². The van der Waals surface area contributed by atoms with Crippen LogP contribution in [-0.2, 0) is 4.79 Å². The Morgan fingerprint density at radius 1 is 1.58 bits per heavy atom. The first kappa shape index (κ1) is 11.3. The molecule has 5 heteroatoms. The number of carbonyl (C=O) groups is 1. The molecule has 0 heterocycles. The Morgan fingerprint density at radius 2 is 2.17 bits per heavy atom. The van der Waals surface area contributed by atoms with Crippen molar-refractivity contribution in [3.05, 3.63) is 0 Å². The summed E-state index contributed by atoms with van der Waals surface area (Å²) < 4.78 is 0. The van der Waals surface area contributed by atoms with Crippen LogP contribution in [0.4, 0.5) is 0 Å². The van der Waals surface area contributed by atoms with Crippen LogP contribution in [-0.4, -0.2) is 35.8 Å². The van der Waals surface area contributed by atoms with Gasteiger partial charge in [0.05, 0.1) is 0 Å². The van der Waals surface area contributed by atoms with Crippen LogP contribution in [0.3, 0.4) is 0 Å². The molecule has 0 aromatic heterocycles. The highest BCUT2D eigenvalue weighted by Gasteiger charge is 2.02. The second-order valence-electron chi connectivity index (χ2n) is 2.60. The molecule has 0 fully saturated rings. The Kier molecular flexibility index (Phi) is 5.53. The van der Waals surface area contributed by atoms with Crippen LogP contribution in [0.25, 0.3) is 0 Å². The van der Waals surface area contributed by atoms with Gasteiger partial charge in [-0.15, -0.1) is 0 Å². The van der Waals surface area contributed by atoms with Gasteiger partial charge < -0.3 is 10.6 Å².